The van der Waals surface area contributed by atoms with Crippen LogP contribution in [0.1, 0.15) is 34.2 Å². The Morgan fingerprint density at radius 2 is 2.06 bits per heavy atom. The summed E-state index contributed by atoms with van der Waals surface area (Å²) in [7, 11) is 0. The maximum atomic E-state index is 11.9. The SMILES string of the molecule is CCOC(=O)c1c(C)nc2c(C)c(C)c(Br)cn12. The number of hydrogen-bond donors (Lipinski definition) is 0. The van der Waals surface area contributed by atoms with E-state index in [0.717, 1.165) is 21.2 Å². The highest BCUT2D eigenvalue weighted by atomic mass is 79.9. The van der Waals surface area contributed by atoms with Crippen molar-refractivity contribution in [3.8, 4) is 0 Å². The Labute approximate surface area is 114 Å². The molecule has 0 unspecified atom stereocenters. The minimum Gasteiger partial charge on any atom is -0.461 e. The smallest absolute Gasteiger partial charge is 0.357 e. The van der Waals surface area contributed by atoms with E-state index in [2.05, 4.69) is 20.9 Å². The van der Waals surface area contributed by atoms with Gasteiger partial charge in [-0.05, 0) is 54.8 Å². The minimum atomic E-state index is -0.336. The molecule has 18 heavy (non-hydrogen) atoms. The van der Waals surface area contributed by atoms with Gasteiger partial charge in [0, 0.05) is 10.7 Å². The van der Waals surface area contributed by atoms with Gasteiger partial charge in [0.2, 0.25) is 0 Å². The Morgan fingerprint density at radius 1 is 1.39 bits per heavy atom. The van der Waals surface area contributed by atoms with Gasteiger partial charge in [-0.1, -0.05) is 0 Å². The number of aromatic nitrogens is 2. The van der Waals surface area contributed by atoms with E-state index >= 15 is 0 Å². The van der Waals surface area contributed by atoms with Gasteiger partial charge in [-0.2, -0.15) is 0 Å². The molecule has 2 heterocycles. The number of esters is 1. The second-order valence-electron chi connectivity index (χ2n) is 4.19. The number of pyridine rings is 1. The van der Waals surface area contributed by atoms with Gasteiger partial charge in [0.05, 0.1) is 12.3 Å². The maximum absolute atomic E-state index is 11.9. The van der Waals surface area contributed by atoms with E-state index < -0.39 is 0 Å². The van der Waals surface area contributed by atoms with Crippen molar-refractivity contribution in [2.75, 3.05) is 6.61 Å². The molecular weight excluding hydrogens is 296 g/mol. The molecule has 2 rings (SSSR count). The third kappa shape index (κ3) is 1.92. The van der Waals surface area contributed by atoms with Crippen LogP contribution in [0.5, 0.6) is 0 Å². The molecule has 0 amide bonds. The van der Waals surface area contributed by atoms with Crippen LogP contribution in [-0.4, -0.2) is 22.0 Å². The van der Waals surface area contributed by atoms with Crippen molar-refractivity contribution < 1.29 is 9.53 Å². The Morgan fingerprint density at radius 3 is 2.67 bits per heavy atom. The molecule has 0 aliphatic rings. The van der Waals surface area contributed by atoms with Crippen LogP contribution in [0.2, 0.25) is 0 Å². The van der Waals surface area contributed by atoms with Crippen LogP contribution < -0.4 is 0 Å². The normalized spacial score (nSPS) is 10.9. The molecule has 5 heteroatoms. The second-order valence-corrected chi connectivity index (χ2v) is 5.04. The standard InChI is InChI=1S/C13H15BrN2O2/c1-5-18-13(17)11-9(4)15-12-8(3)7(2)10(14)6-16(11)12/h6H,5H2,1-4H3. The maximum Gasteiger partial charge on any atom is 0.357 e. The molecule has 0 N–H and O–H groups in total. The fraction of sp³-hybridized carbons (Fsp3) is 0.385. The van der Waals surface area contributed by atoms with Gasteiger partial charge in [0.1, 0.15) is 5.65 Å². The van der Waals surface area contributed by atoms with Crippen molar-refractivity contribution in [2.24, 2.45) is 0 Å². The second kappa shape index (κ2) is 4.72. The fourth-order valence-electron chi connectivity index (χ4n) is 1.94. The number of rotatable bonds is 2. The molecular formula is C13H15BrN2O2. The van der Waals surface area contributed by atoms with Crippen LogP contribution in [0, 0.1) is 20.8 Å². The number of fused-ring (bicyclic) bond motifs is 1. The first-order valence-corrected chi connectivity index (χ1v) is 6.58. The molecule has 0 aromatic carbocycles. The molecule has 96 valence electrons. The van der Waals surface area contributed by atoms with Crippen molar-refractivity contribution in [1.29, 1.82) is 0 Å². The summed E-state index contributed by atoms with van der Waals surface area (Å²) in [5.74, 6) is -0.336. The molecule has 0 radical (unpaired) electrons. The van der Waals surface area contributed by atoms with E-state index in [1.807, 2.05) is 27.0 Å². The quantitative estimate of drug-likeness (QED) is 0.800. The lowest BCUT2D eigenvalue weighted by molar-refractivity contribution is 0.0517. The monoisotopic (exact) mass is 310 g/mol. The molecule has 0 saturated carbocycles. The zero-order valence-electron chi connectivity index (χ0n) is 10.9. The summed E-state index contributed by atoms with van der Waals surface area (Å²) < 4.78 is 7.82. The van der Waals surface area contributed by atoms with E-state index in [1.165, 1.54) is 0 Å². The third-order valence-corrected chi connectivity index (χ3v) is 3.85. The predicted molar refractivity (Wildman–Crippen MR) is 73.1 cm³/mol. The lowest BCUT2D eigenvalue weighted by atomic mass is 10.2. The molecule has 0 atom stereocenters. The first kappa shape index (κ1) is 13.1. The van der Waals surface area contributed by atoms with Crippen LogP contribution in [0.15, 0.2) is 10.7 Å². The topological polar surface area (TPSA) is 43.6 Å². The summed E-state index contributed by atoms with van der Waals surface area (Å²) >= 11 is 3.50. The van der Waals surface area contributed by atoms with Gasteiger partial charge in [-0.15, -0.1) is 0 Å². The van der Waals surface area contributed by atoms with Crippen molar-refractivity contribution in [3.05, 3.63) is 33.2 Å². The number of halogens is 1. The van der Waals surface area contributed by atoms with Gasteiger partial charge in [0.25, 0.3) is 0 Å². The zero-order valence-corrected chi connectivity index (χ0v) is 12.5. The summed E-state index contributed by atoms with van der Waals surface area (Å²) in [5, 5.41) is 0. The van der Waals surface area contributed by atoms with Gasteiger partial charge in [0.15, 0.2) is 5.69 Å². The van der Waals surface area contributed by atoms with Crippen molar-refractivity contribution in [2.45, 2.75) is 27.7 Å². The van der Waals surface area contributed by atoms with E-state index in [9.17, 15) is 4.79 Å². The summed E-state index contributed by atoms with van der Waals surface area (Å²) in [5.41, 5.74) is 4.17. The number of carbonyl (C=O) groups excluding carboxylic acids is 1. The van der Waals surface area contributed by atoms with Gasteiger partial charge in [-0.3, -0.25) is 4.40 Å². The molecule has 0 saturated heterocycles. The Bertz CT molecular complexity index is 632. The number of aryl methyl sites for hydroxylation is 2. The number of carbonyl (C=O) groups is 1. The fourth-order valence-corrected chi connectivity index (χ4v) is 2.44. The number of nitrogens with zero attached hydrogens (tertiary/aromatic N) is 2. The highest BCUT2D eigenvalue weighted by molar-refractivity contribution is 9.10. The van der Waals surface area contributed by atoms with E-state index in [4.69, 9.17) is 4.74 Å². The number of imidazole rings is 1. The van der Waals surface area contributed by atoms with Gasteiger partial charge in [-0.25, -0.2) is 9.78 Å². The van der Waals surface area contributed by atoms with Crippen LogP contribution in [-0.2, 0) is 4.74 Å². The summed E-state index contributed by atoms with van der Waals surface area (Å²) in [4.78, 5) is 16.4. The molecule has 0 fully saturated rings. The lowest BCUT2D eigenvalue weighted by Gasteiger charge is -2.07. The van der Waals surface area contributed by atoms with E-state index in [1.54, 1.807) is 11.3 Å². The average Bonchev–Trinajstić information content (AvgIpc) is 2.63. The first-order chi connectivity index (χ1) is 8.47. The first-order valence-electron chi connectivity index (χ1n) is 5.78. The van der Waals surface area contributed by atoms with Gasteiger partial charge < -0.3 is 4.74 Å². The average molecular weight is 311 g/mol. The third-order valence-electron chi connectivity index (χ3n) is 3.05. The minimum absolute atomic E-state index is 0.336. The Hall–Kier alpha value is -1.36. The van der Waals surface area contributed by atoms with E-state index in [-0.39, 0.29) is 5.97 Å². The van der Waals surface area contributed by atoms with Crippen molar-refractivity contribution >= 4 is 27.5 Å². The van der Waals surface area contributed by atoms with Crippen molar-refractivity contribution in [3.63, 3.8) is 0 Å². The molecule has 0 aliphatic carbocycles. The summed E-state index contributed by atoms with van der Waals surface area (Å²) in [6, 6.07) is 0. The molecule has 0 aliphatic heterocycles. The van der Waals surface area contributed by atoms with Crippen molar-refractivity contribution in [1.82, 2.24) is 9.38 Å². The van der Waals surface area contributed by atoms with Crippen LogP contribution in [0.3, 0.4) is 0 Å². The van der Waals surface area contributed by atoms with Crippen LogP contribution in [0.25, 0.3) is 5.65 Å². The molecule has 2 aromatic heterocycles. The number of hydrogen-bond acceptors (Lipinski definition) is 3. The molecule has 0 bridgehead atoms. The van der Waals surface area contributed by atoms with E-state index in [0.29, 0.717) is 18.0 Å². The lowest BCUT2D eigenvalue weighted by Crippen LogP contribution is -2.10. The highest BCUT2D eigenvalue weighted by Crippen LogP contribution is 2.25. The van der Waals surface area contributed by atoms with Crippen LogP contribution in [0.4, 0.5) is 0 Å². The largest absolute Gasteiger partial charge is 0.461 e. The Kier molecular flexibility index (Phi) is 3.43. The Balaban J connectivity index is 2.76. The molecule has 4 nitrogen and oxygen atoms in total. The summed E-state index contributed by atoms with van der Waals surface area (Å²) in [6.45, 7) is 7.99. The number of ether oxygens (including phenoxy) is 1. The highest BCUT2D eigenvalue weighted by Gasteiger charge is 2.20. The zero-order chi connectivity index (χ0) is 13.4. The predicted octanol–water partition coefficient (Wildman–Crippen LogP) is 3.20. The van der Waals surface area contributed by atoms with Crippen LogP contribution >= 0.6 is 15.9 Å². The molecule has 0 spiro atoms. The van der Waals surface area contributed by atoms with Gasteiger partial charge >= 0.3 is 5.97 Å². The molecule has 2 aromatic rings. The summed E-state index contributed by atoms with van der Waals surface area (Å²) in [6.07, 6.45) is 1.86.